The van der Waals surface area contributed by atoms with Gasteiger partial charge in [-0.1, -0.05) is 0 Å². The molecule has 1 heterocycles. The van der Waals surface area contributed by atoms with Crippen LogP contribution in [0.3, 0.4) is 0 Å². The highest BCUT2D eigenvalue weighted by molar-refractivity contribution is 8.00. The smallest absolute Gasteiger partial charge is 0.449 e. The lowest BCUT2D eigenvalue weighted by Crippen LogP contribution is -2.08. The molecule has 0 saturated carbocycles. The number of hydrogen-bond acceptors (Lipinski definition) is 5. The average Bonchev–Trinajstić information content (AvgIpc) is 2.38. The largest absolute Gasteiger partial charge is 0.468 e. The standard InChI is InChI=1S/C3H2N2O.CH2O5S/c6-3-1-2-4-5-3;2-1(3)7(4,5)6/h1-2H;(H,2,3)(H,4,5,6). The van der Waals surface area contributed by atoms with Gasteiger partial charge < -0.3 is 5.11 Å². The summed E-state index contributed by atoms with van der Waals surface area (Å²) in [6.45, 7) is 0. The van der Waals surface area contributed by atoms with E-state index >= 15 is 0 Å². The Kier molecular flexibility index (Phi) is 3.88. The van der Waals surface area contributed by atoms with Crippen LogP contribution < -0.4 is 0 Å². The van der Waals surface area contributed by atoms with Crippen LogP contribution in [0.5, 0.6) is 0 Å². The molecule has 0 unspecified atom stereocenters. The van der Waals surface area contributed by atoms with Crippen LogP contribution in [-0.2, 0) is 14.9 Å². The third-order valence-electron chi connectivity index (χ3n) is 0.661. The molecule has 0 bridgehead atoms. The molecule has 0 spiro atoms. The normalized spacial score (nSPS) is 13.8. The van der Waals surface area contributed by atoms with Crippen LogP contribution in [0.1, 0.15) is 0 Å². The van der Waals surface area contributed by atoms with Crippen molar-refractivity contribution in [2.45, 2.75) is 0 Å². The predicted octanol–water partition coefficient (Wildman–Crippen LogP) is 0.0447. The Bertz CT molecular complexity index is 352. The average molecular weight is 208 g/mol. The molecular formula is C4H4N2O6S. The molecule has 1 rings (SSSR count). The molecule has 0 aliphatic carbocycles. The summed E-state index contributed by atoms with van der Waals surface area (Å²) in [5.41, 5.74) is 0. The van der Waals surface area contributed by atoms with E-state index in [1.165, 1.54) is 12.3 Å². The van der Waals surface area contributed by atoms with Crippen molar-refractivity contribution in [3.05, 3.63) is 12.3 Å². The molecule has 0 fully saturated rings. The van der Waals surface area contributed by atoms with Crippen LogP contribution in [0.4, 0.5) is 4.79 Å². The van der Waals surface area contributed by atoms with E-state index < -0.39 is 15.4 Å². The monoisotopic (exact) mass is 208 g/mol. The molecule has 8 nitrogen and oxygen atoms in total. The summed E-state index contributed by atoms with van der Waals surface area (Å²) >= 11 is 0. The number of hydrogen-bond donors (Lipinski definition) is 2. The fourth-order valence-corrected chi connectivity index (χ4v) is 0.221. The summed E-state index contributed by atoms with van der Waals surface area (Å²) in [7, 11) is -4.82. The Hall–Kier alpha value is -1.61. The summed E-state index contributed by atoms with van der Waals surface area (Å²) in [6.07, 6.45) is 2.67. The van der Waals surface area contributed by atoms with Crippen molar-refractivity contribution in [2.75, 3.05) is 0 Å². The topological polar surface area (TPSA) is 133 Å². The summed E-state index contributed by atoms with van der Waals surface area (Å²) in [6, 6.07) is 0. The van der Waals surface area contributed by atoms with Gasteiger partial charge in [-0.3, -0.25) is 9.35 Å². The summed E-state index contributed by atoms with van der Waals surface area (Å²) in [5, 5.41) is 11.6. The van der Waals surface area contributed by atoms with E-state index in [1.807, 2.05) is 0 Å². The van der Waals surface area contributed by atoms with Crippen molar-refractivity contribution in [1.82, 2.24) is 0 Å². The summed E-state index contributed by atoms with van der Waals surface area (Å²) in [5.74, 6) is -0.269. The molecule has 0 aromatic rings. The Morgan fingerprint density at radius 1 is 1.46 bits per heavy atom. The third-order valence-corrected chi connectivity index (χ3v) is 1.10. The van der Waals surface area contributed by atoms with E-state index in [1.54, 1.807) is 0 Å². The first-order valence-corrected chi connectivity index (χ1v) is 4.10. The summed E-state index contributed by atoms with van der Waals surface area (Å²) in [4.78, 5) is 19.1. The second-order valence-corrected chi connectivity index (χ2v) is 2.91. The molecule has 0 radical (unpaired) electrons. The molecular weight excluding hydrogens is 204 g/mol. The minimum atomic E-state index is -4.82. The quantitative estimate of drug-likeness (QED) is 0.540. The summed E-state index contributed by atoms with van der Waals surface area (Å²) < 4.78 is 26.0. The van der Waals surface area contributed by atoms with Crippen molar-refractivity contribution in [3.8, 4) is 0 Å². The Balaban J connectivity index is 0.000000223. The zero-order chi connectivity index (χ0) is 10.5. The molecule has 9 heteroatoms. The van der Waals surface area contributed by atoms with Crippen LogP contribution in [0.15, 0.2) is 22.5 Å². The molecule has 72 valence electrons. The van der Waals surface area contributed by atoms with E-state index in [0.717, 1.165) is 0 Å². The van der Waals surface area contributed by atoms with E-state index in [2.05, 4.69) is 10.2 Å². The van der Waals surface area contributed by atoms with Gasteiger partial charge in [0.1, 0.15) is 0 Å². The van der Waals surface area contributed by atoms with Gasteiger partial charge in [0, 0.05) is 6.08 Å². The maximum absolute atomic E-state index is 9.90. The predicted molar refractivity (Wildman–Crippen MR) is 38.6 cm³/mol. The van der Waals surface area contributed by atoms with Crippen molar-refractivity contribution in [3.63, 3.8) is 0 Å². The number of azo groups is 1. The first-order valence-electron chi connectivity index (χ1n) is 2.66. The molecule has 0 saturated heterocycles. The fourth-order valence-electron chi connectivity index (χ4n) is 0.221. The molecule has 1 aliphatic heterocycles. The first-order chi connectivity index (χ1) is 5.84. The van der Waals surface area contributed by atoms with Gasteiger partial charge in [0.2, 0.25) is 0 Å². The molecule has 13 heavy (non-hydrogen) atoms. The number of rotatable bonds is 0. The van der Waals surface area contributed by atoms with E-state index in [4.69, 9.17) is 9.66 Å². The van der Waals surface area contributed by atoms with Gasteiger partial charge in [-0.2, -0.15) is 13.5 Å². The Morgan fingerprint density at radius 3 is 2.00 bits per heavy atom. The zero-order valence-electron chi connectivity index (χ0n) is 5.98. The molecule has 0 aromatic heterocycles. The molecule has 0 atom stereocenters. The van der Waals surface area contributed by atoms with Crippen molar-refractivity contribution >= 4 is 21.3 Å². The number of nitrogens with zero attached hydrogens (tertiary/aromatic N) is 2. The van der Waals surface area contributed by atoms with Gasteiger partial charge in [-0.05, 0) is 0 Å². The maximum Gasteiger partial charge on any atom is 0.449 e. The minimum Gasteiger partial charge on any atom is -0.468 e. The molecule has 1 aliphatic rings. The van der Waals surface area contributed by atoms with E-state index in [9.17, 15) is 18.0 Å². The molecule has 1 amide bonds. The molecule has 2 N–H and O–H groups in total. The van der Waals surface area contributed by atoms with Crippen LogP contribution in [0.25, 0.3) is 0 Å². The highest BCUT2D eigenvalue weighted by atomic mass is 32.2. The SMILES string of the molecule is O=C(O)S(=O)(=O)O.O=C1C=CN=N1. The van der Waals surface area contributed by atoms with Gasteiger partial charge in [0.05, 0.1) is 6.20 Å². The highest BCUT2D eigenvalue weighted by Gasteiger charge is 2.14. The van der Waals surface area contributed by atoms with Gasteiger partial charge in [0.15, 0.2) is 0 Å². The van der Waals surface area contributed by atoms with E-state index in [0.29, 0.717) is 0 Å². The fraction of sp³-hybridized carbons (Fsp3) is 0. The lowest BCUT2D eigenvalue weighted by atomic mass is 10.6. The van der Waals surface area contributed by atoms with Crippen molar-refractivity contribution in [1.29, 1.82) is 0 Å². The number of carbonyl (C=O) groups excluding carboxylic acids is 1. The van der Waals surface area contributed by atoms with Crippen LogP contribution in [-0.4, -0.2) is 29.3 Å². The van der Waals surface area contributed by atoms with E-state index in [-0.39, 0.29) is 5.91 Å². The molecule has 0 aromatic carbocycles. The Morgan fingerprint density at radius 2 is 1.92 bits per heavy atom. The van der Waals surface area contributed by atoms with Gasteiger partial charge in [-0.25, -0.2) is 4.79 Å². The number of amides is 1. The Labute approximate surface area is 72.3 Å². The number of carbonyl (C=O) groups is 2. The highest BCUT2D eigenvalue weighted by Crippen LogP contribution is 1.90. The second kappa shape index (κ2) is 4.42. The lowest BCUT2D eigenvalue weighted by Gasteiger charge is -1.78. The van der Waals surface area contributed by atoms with Crippen LogP contribution in [0, 0.1) is 0 Å². The second-order valence-electron chi connectivity index (χ2n) is 1.61. The maximum atomic E-state index is 9.90. The van der Waals surface area contributed by atoms with Crippen LogP contribution >= 0.6 is 0 Å². The van der Waals surface area contributed by atoms with Crippen LogP contribution in [0.2, 0.25) is 0 Å². The van der Waals surface area contributed by atoms with Crippen molar-refractivity contribution in [2.24, 2.45) is 10.2 Å². The third kappa shape index (κ3) is 5.64. The minimum absolute atomic E-state index is 0.269. The van der Waals surface area contributed by atoms with Gasteiger partial charge >= 0.3 is 15.4 Å². The van der Waals surface area contributed by atoms with Crippen molar-refractivity contribution < 1.29 is 27.7 Å². The lowest BCUT2D eigenvalue weighted by molar-refractivity contribution is -0.113. The first kappa shape index (κ1) is 11.4. The van der Waals surface area contributed by atoms with Gasteiger partial charge in [-0.15, -0.1) is 5.11 Å². The zero-order valence-corrected chi connectivity index (χ0v) is 6.80. The van der Waals surface area contributed by atoms with Gasteiger partial charge in [0.25, 0.3) is 5.91 Å². The number of carboxylic acid groups (broad SMARTS) is 1.